The molecule has 4 N–H and O–H groups in total. The molecule has 1 aliphatic heterocycles. The number of aromatic nitrogens is 4. The Morgan fingerprint density at radius 1 is 1.00 bits per heavy atom. The van der Waals surface area contributed by atoms with Gasteiger partial charge in [0.15, 0.2) is 5.82 Å². The molecule has 0 aliphatic carbocycles. The molecule has 24 heavy (non-hydrogen) atoms. The lowest BCUT2D eigenvalue weighted by atomic mass is 10.1. The molecule has 0 bridgehead atoms. The predicted octanol–water partition coefficient (Wildman–Crippen LogP) is 1.09. The van der Waals surface area contributed by atoms with Crippen LogP contribution in [0.5, 0.6) is 0 Å². The van der Waals surface area contributed by atoms with Gasteiger partial charge in [-0.3, -0.25) is 0 Å². The highest BCUT2D eigenvalue weighted by molar-refractivity contribution is 5.97. The SMILES string of the molecule is Nc1ncc(-c2nc(N3CCOCC3)c3cccc(N)c3n2)cn1. The second-order valence-corrected chi connectivity index (χ2v) is 5.54. The largest absolute Gasteiger partial charge is 0.397 e. The molecule has 1 saturated heterocycles. The molecule has 0 atom stereocenters. The van der Waals surface area contributed by atoms with Crippen molar-refractivity contribution in [2.75, 3.05) is 42.7 Å². The zero-order chi connectivity index (χ0) is 16.5. The summed E-state index contributed by atoms with van der Waals surface area (Å²) >= 11 is 0. The Labute approximate surface area is 138 Å². The number of fused-ring (bicyclic) bond motifs is 1. The number of anilines is 3. The average Bonchev–Trinajstić information content (AvgIpc) is 2.63. The fraction of sp³-hybridized carbons (Fsp3) is 0.250. The third-order valence-corrected chi connectivity index (χ3v) is 3.98. The van der Waals surface area contributed by atoms with E-state index >= 15 is 0 Å². The summed E-state index contributed by atoms with van der Waals surface area (Å²) in [4.78, 5) is 19.6. The lowest BCUT2D eigenvalue weighted by molar-refractivity contribution is 0.122. The first kappa shape index (κ1) is 14.6. The van der Waals surface area contributed by atoms with Crippen LogP contribution in [0.1, 0.15) is 0 Å². The molecule has 0 unspecified atom stereocenters. The highest BCUT2D eigenvalue weighted by Gasteiger charge is 2.19. The molecule has 3 heterocycles. The number of morpholine rings is 1. The Kier molecular flexibility index (Phi) is 3.58. The number of para-hydroxylation sites is 1. The number of rotatable bonds is 2. The summed E-state index contributed by atoms with van der Waals surface area (Å²) in [6, 6.07) is 5.73. The van der Waals surface area contributed by atoms with Gasteiger partial charge in [-0.1, -0.05) is 6.07 Å². The quantitative estimate of drug-likeness (QED) is 0.673. The Morgan fingerprint density at radius 2 is 1.75 bits per heavy atom. The van der Waals surface area contributed by atoms with Gasteiger partial charge in [-0.15, -0.1) is 0 Å². The van der Waals surface area contributed by atoms with E-state index in [0.29, 0.717) is 30.3 Å². The molecule has 4 rings (SSSR count). The van der Waals surface area contributed by atoms with Gasteiger partial charge < -0.3 is 21.1 Å². The van der Waals surface area contributed by atoms with E-state index < -0.39 is 0 Å². The lowest BCUT2D eigenvalue weighted by Crippen LogP contribution is -2.37. The van der Waals surface area contributed by atoms with E-state index in [4.69, 9.17) is 21.2 Å². The van der Waals surface area contributed by atoms with Gasteiger partial charge in [0.1, 0.15) is 5.82 Å². The van der Waals surface area contributed by atoms with Crippen LogP contribution in [0.4, 0.5) is 17.5 Å². The number of benzene rings is 1. The standard InChI is InChI=1S/C16H17N7O/c17-12-3-1-2-11-13(12)21-14(10-8-19-16(18)20-9-10)22-15(11)23-4-6-24-7-5-23/h1-3,8-9H,4-7,17H2,(H2,18,19,20). The van der Waals surface area contributed by atoms with E-state index in [-0.39, 0.29) is 5.95 Å². The topological polar surface area (TPSA) is 116 Å². The summed E-state index contributed by atoms with van der Waals surface area (Å²) in [5, 5.41) is 0.928. The predicted molar refractivity (Wildman–Crippen MR) is 92.4 cm³/mol. The Hall–Kier alpha value is -3.00. The normalized spacial score (nSPS) is 14.9. The van der Waals surface area contributed by atoms with E-state index in [1.807, 2.05) is 18.2 Å². The van der Waals surface area contributed by atoms with Crippen molar-refractivity contribution in [1.29, 1.82) is 0 Å². The lowest BCUT2D eigenvalue weighted by Gasteiger charge is -2.29. The van der Waals surface area contributed by atoms with E-state index in [9.17, 15) is 0 Å². The van der Waals surface area contributed by atoms with E-state index in [0.717, 1.165) is 29.8 Å². The van der Waals surface area contributed by atoms with Gasteiger partial charge in [-0.2, -0.15) is 0 Å². The summed E-state index contributed by atoms with van der Waals surface area (Å²) in [6.07, 6.45) is 3.23. The van der Waals surface area contributed by atoms with Gasteiger partial charge in [0, 0.05) is 30.9 Å². The van der Waals surface area contributed by atoms with Gasteiger partial charge in [0.25, 0.3) is 0 Å². The molecule has 3 aromatic rings. The van der Waals surface area contributed by atoms with Crippen molar-refractivity contribution in [3.63, 3.8) is 0 Å². The molecular weight excluding hydrogens is 306 g/mol. The van der Waals surface area contributed by atoms with Gasteiger partial charge in [-0.05, 0) is 12.1 Å². The van der Waals surface area contributed by atoms with Crippen LogP contribution in [0.15, 0.2) is 30.6 Å². The minimum absolute atomic E-state index is 0.215. The second kappa shape index (κ2) is 5.89. The highest BCUT2D eigenvalue weighted by Crippen LogP contribution is 2.30. The minimum Gasteiger partial charge on any atom is -0.397 e. The first-order valence-electron chi connectivity index (χ1n) is 7.69. The van der Waals surface area contributed by atoms with Crippen molar-refractivity contribution in [2.45, 2.75) is 0 Å². The number of hydrogen-bond acceptors (Lipinski definition) is 8. The van der Waals surface area contributed by atoms with E-state index in [1.54, 1.807) is 12.4 Å². The molecule has 8 heteroatoms. The number of hydrogen-bond donors (Lipinski definition) is 2. The molecule has 2 aromatic heterocycles. The van der Waals surface area contributed by atoms with Crippen LogP contribution < -0.4 is 16.4 Å². The molecule has 0 saturated carbocycles. The van der Waals surface area contributed by atoms with Crippen molar-refractivity contribution in [1.82, 2.24) is 19.9 Å². The molecule has 1 aliphatic rings. The van der Waals surface area contributed by atoms with Crippen molar-refractivity contribution < 1.29 is 4.74 Å². The van der Waals surface area contributed by atoms with Crippen LogP contribution in [0.3, 0.4) is 0 Å². The molecular formula is C16H17N7O. The number of nitrogen functional groups attached to an aromatic ring is 2. The van der Waals surface area contributed by atoms with E-state index in [1.165, 1.54) is 0 Å². The maximum absolute atomic E-state index is 6.14. The zero-order valence-corrected chi connectivity index (χ0v) is 13.0. The van der Waals surface area contributed by atoms with Crippen LogP contribution in [0, 0.1) is 0 Å². The van der Waals surface area contributed by atoms with Crippen LogP contribution >= 0.6 is 0 Å². The Morgan fingerprint density at radius 3 is 2.50 bits per heavy atom. The van der Waals surface area contributed by atoms with Crippen LogP contribution in [-0.4, -0.2) is 46.2 Å². The van der Waals surface area contributed by atoms with Gasteiger partial charge in [-0.25, -0.2) is 19.9 Å². The summed E-state index contributed by atoms with van der Waals surface area (Å²) < 4.78 is 5.44. The molecule has 1 aromatic carbocycles. The smallest absolute Gasteiger partial charge is 0.219 e. The highest BCUT2D eigenvalue weighted by atomic mass is 16.5. The Balaban J connectivity index is 1.91. The van der Waals surface area contributed by atoms with Gasteiger partial charge >= 0.3 is 0 Å². The van der Waals surface area contributed by atoms with Crippen molar-refractivity contribution in [3.05, 3.63) is 30.6 Å². The molecule has 1 fully saturated rings. The number of nitrogens with zero attached hydrogens (tertiary/aromatic N) is 5. The van der Waals surface area contributed by atoms with Crippen molar-refractivity contribution in [2.24, 2.45) is 0 Å². The summed E-state index contributed by atoms with van der Waals surface area (Å²) in [6.45, 7) is 2.90. The van der Waals surface area contributed by atoms with Gasteiger partial charge in [0.05, 0.1) is 30.0 Å². The molecule has 0 radical (unpaired) electrons. The number of nitrogens with two attached hydrogens (primary N) is 2. The first-order chi connectivity index (χ1) is 11.7. The van der Waals surface area contributed by atoms with Crippen LogP contribution in [0.2, 0.25) is 0 Å². The maximum Gasteiger partial charge on any atom is 0.219 e. The van der Waals surface area contributed by atoms with Crippen LogP contribution in [-0.2, 0) is 4.74 Å². The maximum atomic E-state index is 6.14. The first-order valence-corrected chi connectivity index (χ1v) is 7.69. The fourth-order valence-electron chi connectivity index (χ4n) is 2.76. The summed E-state index contributed by atoms with van der Waals surface area (Å²) in [7, 11) is 0. The molecule has 122 valence electrons. The molecule has 0 spiro atoms. The fourth-order valence-corrected chi connectivity index (χ4v) is 2.76. The van der Waals surface area contributed by atoms with E-state index in [2.05, 4.69) is 19.9 Å². The third kappa shape index (κ3) is 2.56. The molecule has 8 nitrogen and oxygen atoms in total. The minimum atomic E-state index is 0.215. The third-order valence-electron chi connectivity index (χ3n) is 3.98. The zero-order valence-electron chi connectivity index (χ0n) is 13.0. The number of ether oxygens (including phenoxy) is 1. The summed E-state index contributed by atoms with van der Waals surface area (Å²) in [5.74, 6) is 1.59. The average molecular weight is 323 g/mol. The van der Waals surface area contributed by atoms with Crippen molar-refractivity contribution in [3.8, 4) is 11.4 Å². The Bertz CT molecular complexity index is 875. The second-order valence-electron chi connectivity index (χ2n) is 5.54. The summed E-state index contributed by atoms with van der Waals surface area (Å²) in [5.41, 5.74) is 13.7. The van der Waals surface area contributed by atoms with Gasteiger partial charge in [0.2, 0.25) is 5.95 Å². The van der Waals surface area contributed by atoms with Crippen LogP contribution in [0.25, 0.3) is 22.3 Å². The van der Waals surface area contributed by atoms with Crippen molar-refractivity contribution >= 4 is 28.4 Å². The monoisotopic (exact) mass is 323 g/mol. The molecule has 0 amide bonds.